The summed E-state index contributed by atoms with van der Waals surface area (Å²) in [5.41, 5.74) is 1.53. The van der Waals surface area contributed by atoms with Crippen LogP contribution in [-0.4, -0.2) is 23.6 Å². The van der Waals surface area contributed by atoms with Gasteiger partial charge in [-0.15, -0.1) is 0 Å². The van der Waals surface area contributed by atoms with Crippen LogP contribution in [0.25, 0.3) is 11.4 Å². The number of fused-ring (bicyclic) bond motifs is 1. The van der Waals surface area contributed by atoms with Gasteiger partial charge in [0.25, 0.3) is 5.56 Å². The van der Waals surface area contributed by atoms with Crippen LogP contribution in [0.2, 0.25) is 0 Å². The number of nitrogens with zero attached hydrogens (tertiary/aromatic N) is 1. The normalized spacial score (nSPS) is 13.5. The number of hydrogen-bond donors (Lipinski definition) is 2. The summed E-state index contributed by atoms with van der Waals surface area (Å²) in [6, 6.07) is 7.49. The number of aromatic amines is 1. The fourth-order valence-electron chi connectivity index (χ4n) is 2.25. The zero-order chi connectivity index (χ0) is 13.2. The lowest BCUT2D eigenvalue weighted by molar-refractivity contribution is 0.415. The van der Waals surface area contributed by atoms with Crippen molar-refractivity contribution in [1.82, 2.24) is 9.97 Å². The predicted molar refractivity (Wildman–Crippen MR) is 73.7 cm³/mol. The van der Waals surface area contributed by atoms with E-state index >= 15 is 0 Å². The van der Waals surface area contributed by atoms with E-state index in [1.54, 1.807) is 7.11 Å². The monoisotopic (exact) mass is 257 g/mol. The SMILES string of the molecule is COc1cccc(-c2nc3c(c(=O)[nH]2)CCCN3)c1. The maximum Gasteiger partial charge on any atom is 0.256 e. The van der Waals surface area contributed by atoms with Crippen LogP contribution in [-0.2, 0) is 6.42 Å². The van der Waals surface area contributed by atoms with Gasteiger partial charge in [-0.3, -0.25) is 4.79 Å². The van der Waals surface area contributed by atoms with E-state index < -0.39 is 0 Å². The van der Waals surface area contributed by atoms with Crippen LogP contribution >= 0.6 is 0 Å². The number of hydrogen-bond acceptors (Lipinski definition) is 4. The van der Waals surface area contributed by atoms with Gasteiger partial charge in [-0.05, 0) is 25.0 Å². The van der Waals surface area contributed by atoms with Crippen LogP contribution in [0.4, 0.5) is 5.82 Å². The molecular weight excluding hydrogens is 242 g/mol. The lowest BCUT2D eigenvalue weighted by Gasteiger charge is -2.16. The molecule has 0 aliphatic carbocycles. The Hall–Kier alpha value is -2.30. The number of nitrogens with one attached hydrogen (secondary N) is 2. The minimum atomic E-state index is -0.0602. The van der Waals surface area contributed by atoms with Gasteiger partial charge in [0.2, 0.25) is 0 Å². The third-order valence-corrected chi connectivity index (χ3v) is 3.25. The number of rotatable bonds is 2. The number of methoxy groups -OCH3 is 1. The third kappa shape index (κ3) is 2.19. The van der Waals surface area contributed by atoms with E-state index in [-0.39, 0.29) is 5.56 Å². The first-order valence-electron chi connectivity index (χ1n) is 6.29. The van der Waals surface area contributed by atoms with Gasteiger partial charge in [-0.2, -0.15) is 0 Å². The molecule has 1 aliphatic heterocycles. The van der Waals surface area contributed by atoms with Crippen LogP contribution in [0, 0.1) is 0 Å². The summed E-state index contributed by atoms with van der Waals surface area (Å²) < 4.78 is 5.18. The van der Waals surface area contributed by atoms with E-state index in [1.165, 1.54) is 0 Å². The summed E-state index contributed by atoms with van der Waals surface area (Å²) in [4.78, 5) is 19.4. The first-order chi connectivity index (χ1) is 9.28. The molecule has 5 heteroatoms. The van der Waals surface area contributed by atoms with Crippen molar-refractivity contribution in [2.24, 2.45) is 0 Å². The zero-order valence-electron chi connectivity index (χ0n) is 10.7. The molecule has 3 rings (SSSR count). The molecule has 0 saturated heterocycles. The second-order valence-corrected chi connectivity index (χ2v) is 4.50. The molecule has 0 bridgehead atoms. The molecular formula is C14H15N3O2. The smallest absolute Gasteiger partial charge is 0.256 e. The van der Waals surface area contributed by atoms with Crippen LogP contribution in [0.3, 0.4) is 0 Å². The Labute approximate surface area is 110 Å². The molecule has 0 radical (unpaired) electrons. The number of aromatic nitrogens is 2. The number of H-pyrrole nitrogens is 1. The molecule has 1 aromatic heterocycles. The molecule has 0 fully saturated rings. The zero-order valence-corrected chi connectivity index (χ0v) is 10.7. The molecule has 2 aromatic rings. The predicted octanol–water partition coefficient (Wildman–Crippen LogP) is 1.80. The van der Waals surface area contributed by atoms with Gasteiger partial charge in [0.1, 0.15) is 17.4 Å². The summed E-state index contributed by atoms with van der Waals surface area (Å²) in [5, 5.41) is 3.18. The summed E-state index contributed by atoms with van der Waals surface area (Å²) >= 11 is 0. The van der Waals surface area contributed by atoms with E-state index in [2.05, 4.69) is 15.3 Å². The van der Waals surface area contributed by atoms with Crippen LogP contribution in [0.5, 0.6) is 5.75 Å². The van der Waals surface area contributed by atoms with Crippen molar-refractivity contribution < 1.29 is 4.74 Å². The van der Waals surface area contributed by atoms with E-state index in [0.717, 1.165) is 36.3 Å². The van der Waals surface area contributed by atoms with Crippen molar-refractivity contribution in [1.29, 1.82) is 0 Å². The second kappa shape index (κ2) is 4.76. The first-order valence-corrected chi connectivity index (χ1v) is 6.29. The van der Waals surface area contributed by atoms with Gasteiger partial charge in [0.15, 0.2) is 0 Å². The average Bonchev–Trinajstić information content (AvgIpc) is 2.47. The van der Waals surface area contributed by atoms with Crippen molar-refractivity contribution in [3.63, 3.8) is 0 Å². The maximum atomic E-state index is 12.0. The molecule has 2 heterocycles. The van der Waals surface area contributed by atoms with Crippen molar-refractivity contribution in [2.75, 3.05) is 19.0 Å². The van der Waals surface area contributed by atoms with Gasteiger partial charge >= 0.3 is 0 Å². The Balaban J connectivity index is 2.10. The van der Waals surface area contributed by atoms with Crippen LogP contribution in [0.1, 0.15) is 12.0 Å². The molecule has 0 atom stereocenters. The van der Waals surface area contributed by atoms with Crippen molar-refractivity contribution in [2.45, 2.75) is 12.8 Å². The van der Waals surface area contributed by atoms with Gasteiger partial charge in [-0.25, -0.2) is 4.98 Å². The van der Waals surface area contributed by atoms with E-state index in [9.17, 15) is 4.79 Å². The summed E-state index contributed by atoms with van der Waals surface area (Å²) in [7, 11) is 1.61. The molecule has 5 nitrogen and oxygen atoms in total. The largest absolute Gasteiger partial charge is 0.497 e. The minimum absolute atomic E-state index is 0.0602. The highest BCUT2D eigenvalue weighted by atomic mass is 16.5. The minimum Gasteiger partial charge on any atom is -0.497 e. The molecule has 1 aliphatic rings. The maximum absolute atomic E-state index is 12.0. The Bertz CT molecular complexity index is 664. The Morgan fingerprint density at radius 2 is 2.26 bits per heavy atom. The van der Waals surface area contributed by atoms with Gasteiger partial charge in [0, 0.05) is 12.1 Å². The Morgan fingerprint density at radius 3 is 3.11 bits per heavy atom. The summed E-state index contributed by atoms with van der Waals surface area (Å²) in [5.74, 6) is 2.01. The third-order valence-electron chi connectivity index (χ3n) is 3.25. The number of ether oxygens (including phenoxy) is 1. The fourth-order valence-corrected chi connectivity index (χ4v) is 2.25. The van der Waals surface area contributed by atoms with Crippen molar-refractivity contribution in [3.05, 3.63) is 40.2 Å². The first kappa shape index (κ1) is 11.8. The lowest BCUT2D eigenvalue weighted by atomic mass is 10.1. The van der Waals surface area contributed by atoms with Crippen molar-refractivity contribution in [3.8, 4) is 17.1 Å². The van der Waals surface area contributed by atoms with Crippen molar-refractivity contribution >= 4 is 5.82 Å². The van der Waals surface area contributed by atoms with Gasteiger partial charge in [0.05, 0.1) is 12.7 Å². The topological polar surface area (TPSA) is 67.0 Å². The summed E-state index contributed by atoms with van der Waals surface area (Å²) in [6.45, 7) is 0.862. The molecule has 0 spiro atoms. The molecule has 1 aromatic carbocycles. The van der Waals surface area contributed by atoms with E-state index in [0.29, 0.717) is 11.6 Å². The molecule has 98 valence electrons. The quantitative estimate of drug-likeness (QED) is 0.861. The molecule has 0 unspecified atom stereocenters. The van der Waals surface area contributed by atoms with Crippen LogP contribution < -0.4 is 15.6 Å². The molecule has 0 amide bonds. The molecule has 19 heavy (non-hydrogen) atoms. The Kier molecular flexibility index (Phi) is 2.95. The molecule has 2 N–H and O–H groups in total. The second-order valence-electron chi connectivity index (χ2n) is 4.50. The van der Waals surface area contributed by atoms with E-state index in [4.69, 9.17) is 4.74 Å². The van der Waals surface area contributed by atoms with Gasteiger partial charge in [-0.1, -0.05) is 12.1 Å². The fraction of sp³-hybridized carbons (Fsp3) is 0.286. The Morgan fingerprint density at radius 1 is 1.37 bits per heavy atom. The number of benzene rings is 1. The standard InChI is InChI=1S/C14H15N3O2/c1-19-10-5-2-4-9(8-10)12-16-13-11(14(18)17-12)6-3-7-15-13/h2,4-5,8H,3,6-7H2,1H3,(H2,15,16,17,18). The van der Waals surface area contributed by atoms with Crippen LogP contribution in [0.15, 0.2) is 29.1 Å². The van der Waals surface area contributed by atoms with E-state index in [1.807, 2.05) is 24.3 Å². The highest BCUT2D eigenvalue weighted by molar-refractivity contribution is 5.60. The highest BCUT2D eigenvalue weighted by Crippen LogP contribution is 2.23. The highest BCUT2D eigenvalue weighted by Gasteiger charge is 2.15. The number of anilines is 1. The summed E-state index contributed by atoms with van der Waals surface area (Å²) in [6.07, 6.45) is 1.75. The average molecular weight is 257 g/mol. The lowest BCUT2D eigenvalue weighted by Crippen LogP contribution is -2.24. The van der Waals surface area contributed by atoms with Gasteiger partial charge < -0.3 is 15.0 Å². The molecule has 0 saturated carbocycles.